The Labute approximate surface area is 96.8 Å². The van der Waals surface area contributed by atoms with Gasteiger partial charge < -0.3 is 0 Å². The molecule has 0 saturated heterocycles. The first kappa shape index (κ1) is 13.1. The minimum Gasteiger partial charge on any atom is -0.0654 e. The highest BCUT2D eigenvalue weighted by molar-refractivity contribution is 4.74. The second-order valence-corrected chi connectivity index (χ2v) is 5.30. The van der Waals surface area contributed by atoms with Gasteiger partial charge in [-0.2, -0.15) is 0 Å². The Balaban J connectivity index is 2.15. The Morgan fingerprint density at radius 2 is 1.80 bits per heavy atom. The van der Waals surface area contributed by atoms with Gasteiger partial charge in [0.1, 0.15) is 0 Å². The molecule has 0 aromatic heterocycles. The van der Waals surface area contributed by atoms with Crippen molar-refractivity contribution < 1.29 is 0 Å². The first-order chi connectivity index (χ1) is 7.38. The molecule has 0 nitrogen and oxygen atoms in total. The van der Waals surface area contributed by atoms with Crippen molar-refractivity contribution in [3.63, 3.8) is 0 Å². The minimum atomic E-state index is 0.946. The lowest BCUT2D eigenvalue weighted by Gasteiger charge is -2.29. The number of hydrogen-bond donors (Lipinski definition) is 0. The van der Waals surface area contributed by atoms with Crippen LogP contribution in [-0.2, 0) is 0 Å². The Morgan fingerprint density at radius 3 is 2.40 bits per heavy atom. The molecular weight excluding hydrogens is 180 g/mol. The lowest BCUT2D eigenvalue weighted by Crippen LogP contribution is -2.17. The summed E-state index contributed by atoms with van der Waals surface area (Å²) in [6.07, 6.45) is 15.7. The first-order valence-electron chi connectivity index (χ1n) is 7.17. The lowest BCUT2D eigenvalue weighted by molar-refractivity contribution is 0.232. The highest BCUT2D eigenvalue weighted by Gasteiger charge is 2.21. The molecule has 0 aromatic carbocycles. The van der Waals surface area contributed by atoms with Crippen LogP contribution in [0.2, 0.25) is 0 Å². The molecule has 0 N–H and O–H groups in total. The predicted octanol–water partition coefficient (Wildman–Crippen LogP) is 5.38. The summed E-state index contributed by atoms with van der Waals surface area (Å²) in [4.78, 5) is 0. The van der Waals surface area contributed by atoms with E-state index in [4.69, 9.17) is 0 Å². The van der Waals surface area contributed by atoms with E-state index in [1.807, 2.05) is 0 Å². The Morgan fingerprint density at radius 1 is 1.07 bits per heavy atom. The Kier molecular flexibility index (Phi) is 7.13. The monoisotopic (exact) mass is 209 g/mol. The van der Waals surface area contributed by atoms with Crippen LogP contribution in [0, 0.1) is 18.8 Å². The van der Waals surface area contributed by atoms with Gasteiger partial charge in [0.05, 0.1) is 0 Å². The van der Waals surface area contributed by atoms with Crippen LogP contribution < -0.4 is 0 Å². The van der Waals surface area contributed by atoms with Gasteiger partial charge in [0.2, 0.25) is 0 Å². The van der Waals surface area contributed by atoms with Crippen LogP contribution in [0.5, 0.6) is 0 Å². The van der Waals surface area contributed by atoms with Gasteiger partial charge in [0, 0.05) is 0 Å². The predicted molar refractivity (Wildman–Crippen MR) is 68.8 cm³/mol. The molecule has 1 rings (SSSR count). The normalized spacial score (nSPS) is 20.4. The van der Waals surface area contributed by atoms with E-state index < -0.39 is 0 Å². The minimum absolute atomic E-state index is 0.946. The molecule has 0 aromatic rings. The summed E-state index contributed by atoms with van der Waals surface area (Å²) < 4.78 is 0. The van der Waals surface area contributed by atoms with E-state index in [1.165, 1.54) is 70.6 Å². The van der Waals surface area contributed by atoms with Crippen LogP contribution in [0.15, 0.2) is 0 Å². The van der Waals surface area contributed by atoms with E-state index in [0.717, 1.165) is 11.8 Å². The third-order valence-corrected chi connectivity index (χ3v) is 4.12. The van der Waals surface area contributed by atoms with Crippen molar-refractivity contribution >= 4 is 0 Å². The SMILES string of the molecule is [CH2]CC(CCCCCC)C1CCCCC1. The molecule has 0 amide bonds. The summed E-state index contributed by atoms with van der Waals surface area (Å²) in [5.74, 6) is 1.97. The highest BCUT2D eigenvalue weighted by atomic mass is 14.3. The molecule has 0 heteroatoms. The maximum Gasteiger partial charge on any atom is -0.0386 e. The zero-order valence-electron chi connectivity index (χ0n) is 10.6. The molecule has 89 valence electrons. The molecule has 0 heterocycles. The molecule has 0 bridgehead atoms. The molecule has 1 unspecified atom stereocenters. The van der Waals surface area contributed by atoms with E-state index in [2.05, 4.69) is 13.8 Å². The highest BCUT2D eigenvalue weighted by Crippen LogP contribution is 2.34. The van der Waals surface area contributed by atoms with Crippen LogP contribution in [-0.4, -0.2) is 0 Å². The summed E-state index contributed by atoms with van der Waals surface area (Å²) in [5, 5.41) is 0. The zero-order valence-corrected chi connectivity index (χ0v) is 10.6. The van der Waals surface area contributed by atoms with Crippen molar-refractivity contribution in [3.8, 4) is 0 Å². The van der Waals surface area contributed by atoms with Crippen LogP contribution in [0.4, 0.5) is 0 Å². The maximum atomic E-state index is 4.16. The van der Waals surface area contributed by atoms with Crippen molar-refractivity contribution in [2.45, 2.75) is 77.6 Å². The summed E-state index contributed by atoms with van der Waals surface area (Å²) in [6.45, 7) is 6.45. The topological polar surface area (TPSA) is 0 Å². The number of unbranched alkanes of at least 4 members (excludes halogenated alkanes) is 3. The largest absolute Gasteiger partial charge is 0.0654 e. The molecular formula is C15H29. The zero-order chi connectivity index (χ0) is 10.9. The standard InChI is InChI=1S/C15H29/c1-3-5-6-8-11-14(4-2)15-12-9-7-10-13-15/h14-15H,2-13H2,1H3. The van der Waals surface area contributed by atoms with Gasteiger partial charge in [0.15, 0.2) is 0 Å². The summed E-state index contributed by atoms with van der Waals surface area (Å²) in [5.41, 5.74) is 0. The average Bonchev–Trinajstić information content (AvgIpc) is 2.30. The molecule has 0 aliphatic heterocycles. The lowest BCUT2D eigenvalue weighted by atomic mass is 9.76. The third kappa shape index (κ3) is 5.04. The van der Waals surface area contributed by atoms with Gasteiger partial charge in [-0.3, -0.25) is 0 Å². The van der Waals surface area contributed by atoms with Gasteiger partial charge in [-0.05, 0) is 11.8 Å². The van der Waals surface area contributed by atoms with E-state index in [-0.39, 0.29) is 0 Å². The fourth-order valence-electron chi connectivity index (χ4n) is 3.05. The number of hydrogen-bond acceptors (Lipinski definition) is 0. The van der Waals surface area contributed by atoms with E-state index in [0.29, 0.717) is 0 Å². The van der Waals surface area contributed by atoms with Crippen LogP contribution in [0.1, 0.15) is 77.6 Å². The van der Waals surface area contributed by atoms with Crippen molar-refractivity contribution in [1.82, 2.24) is 0 Å². The van der Waals surface area contributed by atoms with Gasteiger partial charge in [-0.15, -0.1) is 0 Å². The van der Waals surface area contributed by atoms with Gasteiger partial charge >= 0.3 is 0 Å². The Hall–Kier alpha value is 0. The van der Waals surface area contributed by atoms with Gasteiger partial charge in [0.25, 0.3) is 0 Å². The summed E-state index contributed by atoms with van der Waals surface area (Å²) in [7, 11) is 0. The van der Waals surface area contributed by atoms with Gasteiger partial charge in [-0.1, -0.05) is 84.5 Å². The second kappa shape index (κ2) is 8.19. The average molecular weight is 209 g/mol. The first-order valence-corrected chi connectivity index (χ1v) is 7.17. The van der Waals surface area contributed by atoms with Crippen molar-refractivity contribution in [3.05, 3.63) is 6.92 Å². The number of rotatable bonds is 7. The molecule has 1 aliphatic rings. The quantitative estimate of drug-likeness (QED) is 0.494. The Bertz CT molecular complexity index is 133. The molecule has 1 saturated carbocycles. The fraction of sp³-hybridized carbons (Fsp3) is 0.933. The fourth-order valence-corrected chi connectivity index (χ4v) is 3.05. The molecule has 1 atom stereocenters. The summed E-state index contributed by atoms with van der Waals surface area (Å²) >= 11 is 0. The smallest absolute Gasteiger partial charge is 0.0386 e. The van der Waals surface area contributed by atoms with E-state index >= 15 is 0 Å². The van der Waals surface area contributed by atoms with E-state index in [9.17, 15) is 0 Å². The molecule has 1 fully saturated rings. The molecule has 0 spiro atoms. The van der Waals surface area contributed by atoms with Crippen molar-refractivity contribution in [1.29, 1.82) is 0 Å². The maximum absolute atomic E-state index is 4.16. The molecule has 15 heavy (non-hydrogen) atoms. The van der Waals surface area contributed by atoms with Crippen molar-refractivity contribution in [2.24, 2.45) is 11.8 Å². The molecule has 1 radical (unpaired) electrons. The van der Waals surface area contributed by atoms with Crippen LogP contribution in [0.3, 0.4) is 0 Å². The summed E-state index contributed by atoms with van der Waals surface area (Å²) in [6, 6.07) is 0. The van der Waals surface area contributed by atoms with Crippen LogP contribution in [0.25, 0.3) is 0 Å². The second-order valence-electron chi connectivity index (χ2n) is 5.30. The third-order valence-electron chi connectivity index (χ3n) is 4.12. The molecule has 1 aliphatic carbocycles. The van der Waals surface area contributed by atoms with E-state index in [1.54, 1.807) is 0 Å². The van der Waals surface area contributed by atoms with Gasteiger partial charge in [-0.25, -0.2) is 0 Å². The van der Waals surface area contributed by atoms with Crippen LogP contribution >= 0.6 is 0 Å². The van der Waals surface area contributed by atoms with Crippen molar-refractivity contribution in [2.75, 3.05) is 0 Å².